The normalized spacial score (nSPS) is 10.6. The SMILES string of the molecule is CC(C)N(Cc1cccs1)C(=O)c1ccc(NN)cc1. The van der Waals surface area contributed by atoms with Crippen LogP contribution in [0.2, 0.25) is 0 Å². The minimum atomic E-state index is 0.0389. The molecule has 20 heavy (non-hydrogen) atoms. The molecule has 0 atom stereocenters. The van der Waals surface area contributed by atoms with Gasteiger partial charge in [0, 0.05) is 22.2 Å². The van der Waals surface area contributed by atoms with Gasteiger partial charge in [0.25, 0.3) is 5.91 Å². The first-order valence-corrected chi connectivity index (χ1v) is 7.40. The molecule has 0 spiro atoms. The van der Waals surface area contributed by atoms with Gasteiger partial charge >= 0.3 is 0 Å². The van der Waals surface area contributed by atoms with Crippen molar-refractivity contribution in [2.75, 3.05) is 5.43 Å². The molecule has 0 fully saturated rings. The van der Waals surface area contributed by atoms with E-state index in [1.54, 1.807) is 35.6 Å². The van der Waals surface area contributed by atoms with Crippen molar-refractivity contribution in [2.45, 2.75) is 26.4 Å². The van der Waals surface area contributed by atoms with E-state index in [0.717, 1.165) is 5.69 Å². The van der Waals surface area contributed by atoms with Crippen LogP contribution in [0.15, 0.2) is 41.8 Å². The number of carbonyl (C=O) groups excluding carboxylic acids is 1. The highest BCUT2D eigenvalue weighted by Gasteiger charge is 2.19. The van der Waals surface area contributed by atoms with Crippen LogP contribution >= 0.6 is 11.3 Å². The van der Waals surface area contributed by atoms with Crippen molar-refractivity contribution in [1.82, 2.24) is 4.90 Å². The van der Waals surface area contributed by atoms with Crippen LogP contribution in [0.4, 0.5) is 5.69 Å². The molecule has 0 aliphatic heterocycles. The van der Waals surface area contributed by atoms with Crippen LogP contribution < -0.4 is 11.3 Å². The Morgan fingerprint density at radius 2 is 2.00 bits per heavy atom. The van der Waals surface area contributed by atoms with Gasteiger partial charge in [-0.2, -0.15) is 0 Å². The van der Waals surface area contributed by atoms with Crippen molar-refractivity contribution < 1.29 is 4.79 Å². The predicted octanol–water partition coefficient (Wildman–Crippen LogP) is 3.08. The summed E-state index contributed by atoms with van der Waals surface area (Å²) < 4.78 is 0. The topological polar surface area (TPSA) is 58.4 Å². The Kier molecular flexibility index (Phi) is 4.76. The molecule has 0 saturated heterocycles. The second-order valence-corrected chi connectivity index (χ2v) is 5.86. The summed E-state index contributed by atoms with van der Waals surface area (Å²) in [7, 11) is 0. The third kappa shape index (κ3) is 3.37. The van der Waals surface area contributed by atoms with Gasteiger partial charge in [0.05, 0.1) is 6.54 Å². The van der Waals surface area contributed by atoms with Crippen molar-refractivity contribution in [3.63, 3.8) is 0 Å². The van der Waals surface area contributed by atoms with Crippen molar-refractivity contribution in [3.8, 4) is 0 Å². The maximum atomic E-state index is 12.6. The second kappa shape index (κ2) is 6.54. The van der Waals surface area contributed by atoms with Crippen LogP contribution in [-0.4, -0.2) is 16.8 Å². The van der Waals surface area contributed by atoms with Gasteiger partial charge in [0.15, 0.2) is 0 Å². The molecule has 2 rings (SSSR count). The predicted molar refractivity (Wildman–Crippen MR) is 83.6 cm³/mol. The summed E-state index contributed by atoms with van der Waals surface area (Å²) in [5.74, 6) is 5.37. The lowest BCUT2D eigenvalue weighted by Crippen LogP contribution is -2.36. The number of anilines is 1. The maximum absolute atomic E-state index is 12.6. The molecule has 1 aromatic heterocycles. The number of amides is 1. The number of rotatable bonds is 5. The summed E-state index contributed by atoms with van der Waals surface area (Å²) in [4.78, 5) is 15.7. The quantitative estimate of drug-likeness (QED) is 0.657. The molecular formula is C15H19N3OS. The van der Waals surface area contributed by atoms with Crippen molar-refractivity contribution >= 4 is 22.9 Å². The standard InChI is InChI=1S/C15H19N3OS/c1-11(2)18(10-14-4-3-9-20-14)15(19)12-5-7-13(17-16)8-6-12/h3-9,11,17H,10,16H2,1-2H3. The van der Waals surface area contributed by atoms with Crippen LogP contribution in [0.25, 0.3) is 0 Å². The van der Waals surface area contributed by atoms with Crippen molar-refractivity contribution in [3.05, 3.63) is 52.2 Å². The van der Waals surface area contributed by atoms with Gasteiger partial charge in [-0.15, -0.1) is 11.3 Å². The average molecular weight is 289 g/mol. The van der Waals surface area contributed by atoms with Crippen LogP contribution in [0.5, 0.6) is 0 Å². The Morgan fingerprint density at radius 1 is 1.30 bits per heavy atom. The number of hydrogen-bond donors (Lipinski definition) is 2. The molecule has 0 unspecified atom stereocenters. The van der Waals surface area contributed by atoms with Gasteiger partial charge in [0.1, 0.15) is 0 Å². The largest absolute Gasteiger partial charge is 0.331 e. The summed E-state index contributed by atoms with van der Waals surface area (Å²) in [6, 6.07) is 11.4. The summed E-state index contributed by atoms with van der Waals surface area (Å²) >= 11 is 1.67. The molecule has 0 radical (unpaired) electrons. The number of nitrogen functional groups attached to an aromatic ring is 1. The van der Waals surface area contributed by atoms with E-state index in [1.165, 1.54) is 4.88 Å². The van der Waals surface area contributed by atoms with E-state index in [9.17, 15) is 4.79 Å². The summed E-state index contributed by atoms with van der Waals surface area (Å²) in [6.45, 7) is 4.70. The molecule has 1 aromatic carbocycles. The highest BCUT2D eigenvalue weighted by molar-refractivity contribution is 7.09. The van der Waals surface area contributed by atoms with Crippen LogP contribution in [0.3, 0.4) is 0 Å². The van der Waals surface area contributed by atoms with Gasteiger partial charge < -0.3 is 10.3 Å². The van der Waals surface area contributed by atoms with Gasteiger partial charge in [0.2, 0.25) is 0 Å². The molecule has 3 N–H and O–H groups in total. The van der Waals surface area contributed by atoms with E-state index >= 15 is 0 Å². The third-order valence-electron chi connectivity index (χ3n) is 3.09. The molecule has 4 nitrogen and oxygen atoms in total. The van der Waals surface area contributed by atoms with Gasteiger partial charge in [-0.1, -0.05) is 6.07 Å². The van der Waals surface area contributed by atoms with Gasteiger partial charge in [-0.25, -0.2) is 0 Å². The van der Waals surface area contributed by atoms with E-state index in [-0.39, 0.29) is 11.9 Å². The first-order chi connectivity index (χ1) is 9.61. The maximum Gasteiger partial charge on any atom is 0.254 e. The minimum Gasteiger partial charge on any atom is -0.331 e. The van der Waals surface area contributed by atoms with E-state index in [4.69, 9.17) is 5.84 Å². The Morgan fingerprint density at radius 3 is 2.50 bits per heavy atom. The first kappa shape index (κ1) is 14.6. The molecule has 2 aromatic rings. The molecule has 0 aliphatic carbocycles. The minimum absolute atomic E-state index is 0.0389. The monoisotopic (exact) mass is 289 g/mol. The lowest BCUT2D eigenvalue weighted by molar-refractivity contribution is 0.0692. The molecule has 0 aliphatic rings. The highest BCUT2D eigenvalue weighted by Crippen LogP contribution is 2.17. The number of carbonyl (C=O) groups is 1. The van der Waals surface area contributed by atoms with Gasteiger partial charge in [-0.05, 0) is 49.6 Å². The number of hydrazine groups is 1. The Balaban J connectivity index is 2.17. The number of thiophene rings is 1. The average Bonchev–Trinajstić information content (AvgIpc) is 2.97. The van der Waals surface area contributed by atoms with Crippen LogP contribution in [0.1, 0.15) is 29.1 Å². The molecular weight excluding hydrogens is 270 g/mol. The zero-order valence-corrected chi connectivity index (χ0v) is 12.5. The van der Waals surface area contributed by atoms with Gasteiger partial charge in [-0.3, -0.25) is 10.6 Å². The number of nitrogens with two attached hydrogens (primary N) is 1. The van der Waals surface area contributed by atoms with E-state index in [2.05, 4.69) is 11.5 Å². The van der Waals surface area contributed by atoms with Crippen LogP contribution in [0, 0.1) is 0 Å². The zero-order chi connectivity index (χ0) is 14.5. The number of hydrogen-bond acceptors (Lipinski definition) is 4. The zero-order valence-electron chi connectivity index (χ0n) is 11.7. The lowest BCUT2D eigenvalue weighted by Gasteiger charge is -2.26. The Bertz CT molecular complexity index is 549. The van der Waals surface area contributed by atoms with Crippen LogP contribution in [-0.2, 0) is 6.54 Å². The van der Waals surface area contributed by atoms with E-state index < -0.39 is 0 Å². The molecule has 1 heterocycles. The molecule has 106 valence electrons. The summed E-state index contributed by atoms with van der Waals surface area (Å²) in [5, 5.41) is 2.03. The molecule has 1 amide bonds. The number of nitrogens with one attached hydrogen (secondary N) is 1. The van der Waals surface area contributed by atoms with Crippen molar-refractivity contribution in [2.24, 2.45) is 5.84 Å². The molecule has 5 heteroatoms. The Labute approximate surface area is 123 Å². The summed E-state index contributed by atoms with van der Waals surface area (Å²) in [5.41, 5.74) is 4.02. The Hall–Kier alpha value is -1.85. The smallest absolute Gasteiger partial charge is 0.254 e. The number of nitrogens with zero attached hydrogens (tertiary/aromatic N) is 1. The fourth-order valence-electron chi connectivity index (χ4n) is 1.93. The molecule has 0 saturated carbocycles. The highest BCUT2D eigenvalue weighted by atomic mass is 32.1. The van der Waals surface area contributed by atoms with E-state index in [0.29, 0.717) is 12.1 Å². The summed E-state index contributed by atoms with van der Waals surface area (Å²) in [6.07, 6.45) is 0. The number of benzene rings is 1. The first-order valence-electron chi connectivity index (χ1n) is 6.52. The van der Waals surface area contributed by atoms with E-state index in [1.807, 2.05) is 30.2 Å². The van der Waals surface area contributed by atoms with Crippen molar-refractivity contribution in [1.29, 1.82) is 0 Å². The third-order valence-corrected chi connectivity index (χ3v) is 3.95. The fourth-order valence-corrected chi connectivity index (χ4v) is 2.64. The fraction of sp³-hybridized carbons (Fsp3) is 0.267. The lowest BCUT2D eigenvalue weighted by atomic mass is 10.1. The second-order valence-electron chi connectivity index (χ2n) is 4.83. The molecule has 0 bridgehead atoms.